The molecule has 28 heavy (non-hydrogen) atoms. The van der Waals surface area contributed by atoms with Crippen molar-refractivity contribution >= 4 is 21.5 Å². The van der Waals surface area contributed by atoms with Gasteiger partial charge in [-0.05, 0) is 70.9 Å². The Bertz CT molecular complexity index is 942. The minimum atomic E-state index is 0.318. The van der Waals surface area contributed by atoms with Crippen LogP contribution in [0, 0.1) is 0 Å². The first kappa shape index (κ1) is 20.2. The molecule has 0 saturated carbocycles. The van der Waals surface area contributed by atoms with Gasteiger partial charge >= 0.3 is 0 Å². The van der Waals surface area contributed by atoms with Crippen molar-refractivity contribution in [2.75, 3.05) is 7.11 Å². The van der Waals surface area contributed by atoms with Crippen LogP contribution in [0.15, 0.2) is 96.5 Å². The highest BCUT2D eigenvalue weighted by atomic mass is 79.9. The molecule has 142 valence electrons. The van der Waals surface area contributed by atoms with E-state index in [1.54, 1.807) is 7.11 Å². The Labute approximate surface area is 176 Å². The summed E-state index contributed by atoms with van der Waals surface area (Å²) in [4.78, 5) is 0. The summed E-state index contributed by atoms with van der Waals surface area (Å²) in [7, 11) is 1.69. The van der Waals surface area contributed by atoms with Crippen LogP contribution in [-0.4, -0.2) is 7.11 Å². The van der Waals surface area contributed by atoms with Crippen LogP contribution in [0.4, 0.5) is 0 Å². The topological polar surface area (TPSA) is 9.23 Å². The molecule has 0 N–H and O–H groups in total. The van der Waals surface area contributed by atoms with Crippen LogP contribution in [0.25, 0.3) is 5.57 Å². The summed E-state index contributed by atoms with van der Waals surface area (Å²) >= 11 is 3.65. The van der Waals surface area contributed by atoms with Gasteiger partial charge in [0.1, 0.15) is 5.75 Å². The summed E-state index contributed by atoms with van der Waals surface area (Å²) < 4.78 is 6.37. The van der Waals surface area contributed by atoms with Gasteiger partial charge in [0, 0.05) is 4.47 Å². The fourth-order valence-electron chi connectivity index (χ4n) is 3.51. The number of ether oxygens (including phenoxy) is 1. The van der Waals surface area contributed by atoms with Crippen molar-refractivity contribution in [2.45, 2.75) is 18.8 Å². The van der Waals surface area contributed by atoms with Crippen LogP contribution in [0.3, 0.4) is 0 Å². The first-order valence-electron chi connectivity index (χ1n) is 9.40. The van der Waals surface area contributed by atoms with E-state index in [9.17, 15) is 0 Å². The molecule has 0 aromatic heterocycles. The lowest BCUT2D eigenvalue weighted by Gasteiger charge is -2.22. The van der Waals surface area contributed by atoms with Crippen molar-refractivity contribution in [1.82, 2.24) is 0 Å². The Kier molecular flexibility index (Phi) is 6.89. The molecule has 0 aliphatic heterocycles. The average Bonchev–Trinajstić information content (AvgIpc) is 2.74. The van der Waals surface area contributed by atoms with Gasteiger partial charge in [0.15, 0.2) is 0 Å². The monoisotopic (exact) mass is 432 g/mol. The molecule has 3 rings (SSSR count). The SMILES string of the molecule is C=CCC(Cc1ccc(OC)cc1)c1cc(Br)ccc1C(=C)c1ccccc1. The van der Waals surface area contributed by atoms with Gasteiger partial charge in [0.2, 0.25) is 0 Å². The summed E-state index contributed by atoms with van der Waals surface area (Å²) in [5.74, 6) is 1.20. The van der Waals surface area contributed by atoms with E-state index in [-0.39, 0.29) is 0 Å². The lowest BCUT2D eigenvalue weighted by Crippen LogP contribution is -2.06. The van der Waals surface area contributed by atoms with E-state index in [1.165, 1.54) is 16.7 Å². The fraction of sp³-hybridized carbons (Fsp3) is 0.154. The molecule has 0 radical (unpaired) electrons. The summed E-state index contributed by atoms with van der Waals surface area (Å²) in [6.45, 7) is 8.40. The molecule has 1 unspecified atom stereocenters. The predicted molar refractivity (Wildman–Crippen MR) is 123 cm³/mol. The normalized spacial score (nSPS) is 11.6. The molecule has 0 saturated heterocycles. The highest BCUT2D eigenvalue weighted by molar-refractivity contribution is 9.10. The zero-order chi connectivity index (χ0) is 19.9. The van der Waals surface area contributed by atoms with E-state index in [4.69, 9.17) is 4.74 Å². The second-order valence-corrected chi connectivity index (χ2v) is 7.77. The largest absolute Gasteiger partial charge is 0.497 e. The number of rotatable bonds is 8. The highest BCUT2D eigenvalue weighted by Gasteiger charge is 2.18. The van der Waals surface area contributed by atoms with E-state index >= 15 is 0 Å². The molecule has 0 heterocycles. The second kappa shape index (κ2) is 9.57. The number of allylic oxidation sites excluding steroid dienone is 1. The number of methoxy groups -OCH3 is 1. The van der Waals surface area contributed by atoms with E-state index < -0.39 is 0 Å². The van der Waals surface area contributed by atoms with Crippen LogP contribution in [0.5, 0.6) is 5.75 Å². The van der Waals surface area contributed by atoms with Crippen molar-refractivity contribution in [1.29, 1.82) is 0 Å². The lowest BCUT2D eigenvalue weighted by atomic mass is 9.83. The van der Waals surface area contributed by atoms with Gasteiger partial charge in [-0.1, -0.05) is 77.1 Å². The smallest absolute Gasteiger partial charge is 0.118 e. The Morgan fingerprint density at radius 3 is 2.39 bits per heavy atom. The van der Waals surface area contributed by atoms with Crippen LogP contribution >= 0.6 is 15.9 Å². The molecule has 1 nitrogen and oxygen atoms in total. The first-order chi connectivity index (χ1) is 13.6. The van der Waals surface area contributed by atoms with Gasteiger partial charge in [-0.2, -0.15) is 0 Å². The Morgan fingerprint density at radius 2 is 1.75 bits per heavy atom. The third kappa shape index (κ3) is 4.82. The average molecular weight is 433 g/mol. The summed E-state index contributed by atoms with van der Waals surface area (Å²) in [6, 6.07) is 25.2. The van der Waals surface area contributed by atoms with Gasteiger partial charge < -0.3 is 4.74 Å². The minimum Gasteiger partial charge on any atom is -0.497 e. The third-order valence-electron chi connectivity index (χ3n) is 4.99. The van der Waals surface area contributed by atoms with Gasteiger partial charge in [0.05, 0.1) is 7.11 Å². The van der Waals surface area contributed by atoms with Crippen molar-refractivity contribution in [3.8, 4) is 5.75 Å². The minimum absolute atomic E-state index is 0.318. The fourth-order valence-corrected chi connectivity index (χ4v) is 3.89. The van der Waals surface area contributed by atoms with E-state index in [0.717, 1.165) is 34.2 Å². The Morgan fingerprint density at radius 1 is 1.04 bits per heavy atom. The van der Waals surface area contributed by atoms with Crippen LogP contribution in [0.2, 0.25) is 0 Å². The van der Waals surface area contributed by atoms with E-state index in [1.807, 2.05) is 24.3 Å². The van der Waals surface area contributed by atoms with Crippen LogP contribution < -0.4 is 4.74 Å². The van der Waals surface area contributed by atoms with Crippen molar-refractivity contribution in [3.05, 3.63) is 119 Å². The Balaban J connectivity index is 1.98. The van der Waals surface area contributed by atoms with Gasteiger partial charge in [-0.3, -0.25) is 0 Å². The first-order valence-corrected chi connectivity index (χ1v) is 10.2. The van der Waals surface area contributed by atoms with E-state index in [2.05, 4.69) is 83.7 Å². The number of hydrogen-bond donors (Lipinski definition) is 0. The summed E-state index contributed by atoms with van der Waals surface area (Å²) in [5.41, 5.74) is 5.96. The summed E-state index contributed by atoms with van der Waals surface area (Å²) in [5, 5.41) is 0. The molecule has 3 aromatic carbocycles. The molecule has 0 aliphatic carbocycles. The number of benzene rings is 3. The quantitative estimate of drug-likeness (QED) is 0.336. The molecule has 3 aromatic rings. The standard InChI is InChI=1S/C26H25BrO/c1-4-8-22(17-20-11-14-24(28-3)15-12-20)26-18-23(27)13-16-25(26)19(2)21-9-6-5-7-10-21/h4-7,9-16,18,22H,1-2,8,17H2,3H3. The molecule has 0 bridgehead atoms. The maximum absolute atomic E-state index is 5.29. The molecule has 0 aliphatic rings. The number of hydrogen-bond acceptors (Lipinski definition) is 1. The third-order valence-corrected chi connectivity index (χ3v) is 5.49. The van der Waals surface area contributed by atoms with Crippen LogP contribution in [0.1, 0.15) is 34.6 Å². The zero-order valence-corrected chi connectivity index (χ0v) is 17.8. The molecular formula is C26H25BrO. The van der Waals surface area contributed by atoms with Crippen molar-refractivity contribution < 1.29 is 4.74 Å². The van der Waals surface area contributed by atoms with Crippen LogP contribution in [-0.2, 0) is 6.42 Å². The Hall–Kier alpha value is -2.58. The van der Waals surface area contributed by atoms with E-state index in [0.29, 0.717) is 5.92 Å². The molecular weight excluding hydrogens is 408 g/mol. The molecule has 0 fully saturated rings. The lowest BCUT2D eigenvalue weighted by molar-refractivity contribution is 0.414. The number of halogens is 1. The predicted octanol–water partition coefficient (Wildman–Crippen LogP) is 7.42. The molecule has 0 amide bonds. The van der Waals surface area contributed by atoms with Gasteiger partial charge in [-0.25, -0.2) is 0 Å². The maximum atomic E-state index is 5.29. The molecule has 2 heteroatoms. The molecule has 0 spiro atoms. The zero-order valence-electron chi connectivity index (χ0n) is 16.2. The summed E-state index contributed by atoms with van der Waals surface area (Å²) in [6.07, 6.45) is 3.84. The highest BCUT2D eigenvalue weighted by Crippen LogP contribution is 2.35. The van der Waals surface area contributed by atoms with Gasteiger partial charge in [-0.15, -0.1) is 6.58 Å². The molecule has 1 atom stereocenters. The van der Waals surface area contributed by atoms with Crippen molar-refractivity contribution in [3.63, 3.8) is 0 Å². The van der Waals surface area contributed by atoms with Gasteiger partial charge in [0.25, 0.3) is 0 Å². The second-order valence-electron chi connectivity index (χ2n) is 6.85. The van der Waals surface area contributed by atoms with Crippen molar-refractivity contribution in [2.24, 2.45) is 0 Å². The maximum Gasteiger partial charge on any atom is 0.118 e.